The summed E-state index contributed by atoms with van der Waals surface area (Å²) in [6, 6.07) is 26.5. The van der Waals surface area contributed by atoms with Gasteiger partial charge in [0.1, 0.15) is 0 Å². The molecule has 1 aliphatic heterocycles. The standard InChI is InChI=1S/C72H84N4.C9H14.C3H6.3C2H6.C2H2/c1-15-24-46-75(71(35-18-4)67(21-7)54(10)11)66-49-63(48-65(51-66)74-47-31-26-25-28-38-56(13)70(74)23-9)59(33-16-2)41-32-37-55(12)52-73-53-58(20-6)61-42-44-64(45-43-61)76-57(14)69(68(22-8)72(76)36-19-5)50-62(34-17-3)60-39-29-27-30-40-60;1-4-6-7-8-9(3)5-2;1-3-2;4*1-2/h15-19,22-33,35-37,39-45,48-53,58H,3,5,9-10,20-21,34,38,46-47H2,1-2,4,6-8,11-14H3;5-8H,2,4H2,1,3H3;3H,1H2,2H3;3*1-2H3;1-2H/b24-15-,28-25-,31-26-,33-16-,35-18-,37-32+,55-52+,59-41+,62-50+,68-22-,70-56-,71-67-,72-36+,73-53?;7-6-,9-8-;;;;;. The number of rotatable bonds is 26. The number of hydrogen-bond acceptors (Lipinski definition) is 3. The van der Waals surface area contributed by atoms with Gasteiger partial charge in [0.25, 0.3) is 0 Å². The minimum Gasteiger partial charge on any atom is -0.338 e. The molecule has 0 radical (unpaired) electrons. The van der Waals surface area contributed by atoms with Crippen LogP contribution in [0.2, 0.25) is 0 Å². The molecule has 0 spiro atoms. The van der Waals surface area contributed by atoms with Crippen molar-refractivity contribution in [2.45, 2.75) is 170 Å². The molecule has 0 aliphatic carbocycles. The number of benzene rings is 3. The van der Waals surface area contributed by atoms with Gasteiger partial charge >= 0.3 is 0 Å². The maximum Gasteiger partial charge on any atom is 0.0534 e. The van der Waals surface area contributed by atoms with Crippen molar-refractivity contribution in [3.8, 4) is 18.5 Å². The van der Waals surface area contributed by atoms with Gasteiger partial charge in [0.2, 0.25) is 0 Å². The van der Waals surface area contributed by atoms with Crippen LogP contribution >= 0.6 is 0 Å². The van der Waals surface area contributed by atoms with E-state index in [4.69, 9.17) is 4.99 Å². The van der Waals surface area contributed by atoms with Gasteiger partial charge in [-0.15, -0.1) is 26.0 Å². The molecule has 0 amide bonds. The van der Waals surface area contributed by atoms with Crippen LogP contribution in [0.25, 0.3) is 35.1 Å². The molecule has 4 aromatic rings. The third kappa shape index (κ3) is 29.9. The highest BCUT2D eigenvalue weighted by molar-refractivity contribution is 5.84. The van der Waals surface area contributed by atoms with E-state index in [0.717, 1.165) is 88.2 Å². The zero-order chi connectivity index (χ0) is 72.8. The number of aromatic nitrogens is 1. The summed E-state index contributed by atoms with van der Waals surface area (Å²) in [4.78, 5) is 9.71. The lowest BCUT2D eigenvalue weighted by Gasteiger charge is -2.32. The van der Waals surface area contributed by atoms with Crippen LogP contribution in [0.4, 0.5) is 11.4 Å². The summed E-state index contributed by atoms with van der Waals surface area (Å²) in [5.74, 6) is 0.157. The molecule has 512 valence electrons. The molecule has 4 nitrogen and oxygen atoms in total. The summed E-state index contributed by atoms with van der Waals surface area (Å²) in [6.45, 7) is 64.8. The molecule has 2 heterocycles. The van der Waals surface area contributed by atoms with Gasteiger partial charge in [-0.3, -0.25) is 4.99 Å². The lowest BCUT2D eigenvalue weighted by molar-refractivity contribution is 0.856. The van der Waals surface area contributed by atoms with E-state index in [1.165, 1.54) is 49.9 Å². The van der Waals surface area contributed by atoms with Crippen LogP contribution in [0, 0.1) is 19.8 Å². The summed E-state index contributed by atoms with van der Waals surface area (Å²) in [5.41, 5.74) is 19.6. The minimum atomic E-state index is 0.157. The Hall–Kier alpha value is -9.43. The molecule has 96 heavy (non-hydrogen) atoms. The number of aliphatic imine (C=N–C) groups is 1. The van der Waals surface area contributed by atoms with E-state index in [1.54, 1.807) is 6.08 Å². The molecular formula is C92H124N4. The van der Waals surface area contributed by atoms with Crippen LogP contribution in [-0.4, -0.2) is 23.9 Å². The monoisotopic (exact) mass is 1280 g/mol. The molecule has 1 atom stereocenters. The number of hydrogen-bond donors (Lipinski definition) is 0. The number of terminal acetylenes is 1. The molecule has 4 heteroatoms. The van der Waals surface area contributed by atoms with Crippen LogP contribution in [0.3, 0.4) is 0 Å². The molecule has 1 unspecified atom stereocenters. The van der Waals surface area contributed by atoms with Crippen LogP contribution in [-0.2, 0) is 0 Å². The molecule has 1 aliphatic rings. The number of allylic oxidation sites excluding steroid dienone is 26. The van der Waals surface area contributed by atoms with Crippen molar-refractivity contribution in [2.75, 3.05) is 22.9 Å². The molecule has 0 saturated heterocycles. The van der Waals surface area contributed by atoms with Crippen LogP contribution in [0.5, 0.6) is 0 Å². The van der Waals surface area contributed by atoms with Gasteiger partial charge in [-0.2, -0.15) is 0 Å². The smallest absolute Gasteiger partial charge is 0.0534 e. The Balaban J connectivity index is 0. The molecule has 0 N–H and O–H groups in total. The summed E-state index contributed by atoms with van der Waals surface area (Å²) in [7, 11) is 0. The van der Waals surface area contributed by atoms with E-state index >= 15 is 0 Å². The van der Waals surface area contributed by atoms with E-state index in [2.05, 4.69) is 337 Å². The second-order valence-electron chi connectivity index (χ2n) is 21.4. The maximum absolute atomic E-state index is 4.90. The Bertz CT molecular complexity index is 3600. The fourth-order valence-corrected chi connectivity index (χ4v) is 10.2. The number of nitrogens with zero attached hydrogens (tertiary/aromatic N) is 4. The van der Waals surface area contributed by atoms with E-state index in [0.29, 0.717) is 13.1 Å². The Morgan fingerprint density at radius 3 is 1.91 bits per heavy atom. The zero-order valence-corrected chi connectivity index (χ0v) is 63.2. The van der Waals surface area contributed by atoms with E-state index in [-0.39, 0.29) is 5.92 Å². The minimum absolute atomic E-state index is 0.157. The van der Waals surface area contributed by atoms with Crippen LogP contribution < -0.4 is 20.4 Å². The molecule has 5 rings (SSSR count). The lowest BCUT2D eigenvalue weighted by atomic mass is 9.97. The predicted molar refractivity (Wildman–Crippen MR) is 443 cm³/mol. The SMILES string of the molecule is C#C.C=C/C(C)=C\C=C/CC.C=C/C=c1\c(=C/C)c(/C=C(\CC=C)c2ccccc2)c(C)n1-c1ccc(C(C=N/C=C(C)/C=C/C=C(\C=C/C)c2cc(N3C/C=C\C=C/C/C(C)=C\3C=C)cc(N(C/C=C\C)C(/C=C\C)=C(/CC)C(=C)C)c2)CC)cc1.C=CC.CC.CC.CC. The first-order chi connectivity index (χ1) is 46.6. The molecule has 1 aromatic heterocycles. The summed E-state index contributed by atoms with van der Waals surface area (Å²) in [5, 5.41) is 2.30. The first-order valence-electron chi connectivity index (χ1n) is 34.7. The van der Waals surface area contributed by atoms with E-state index in [9.17, 15) is 0 Å². The van der Waals surface area contributed by atoms with E-state index < -0.39 is 0 Å². The van der Waals surface area contributed by atoms with Crippen molar-refractivity contribution < 1.29 is 0 Å². The highest BCUT2D eigenvalue weighted by atomic mass is 15.2. The third-order valence-corrected chi connectivity index (χ3v) is 14.7. The molecule has 0 saturated carbocycles. The van der Waals surface area contributed by atoms with E-state index in [1.807, 2.05) is 85.9 Å². The fourth-order valence-electron chi connectivity index (χ4n) is 10.2. The van der Waals surface area contributed by atoms with Crippen molar-refractivity contribution in [2.24, 2.45) is 4.99 Å². The normalized spacial score (nSPS) is 15.1. The molecular weight excluding hydrogens is 1160 g/mol. The Morgan fingerprint density at radius 1 is 0.719 bits per heavy atom. The Kier molecular flexibility index (Phi) is 50.7. The lowest BCUT2D eigenvalue weighted by Crippen LogP contribution is -2.29. The second-order valence-corrected chi connectivity index (χ2v) is 21.4. The zero-order valence-electron chi connectivity index (χ0n) is 63.2. The Morgan fingerprint density at radius 2 is 1.36 bits per heavy atom. The number of anilines is 2. The maximum atomic E-state index is 4.90. The largest absolute Gasteiger partial charge is 0.338 e. The van der Waals surface area contributed by atoms with Crippen molar-refractivity contribution >= 4 is 47.0 Å². The molecule has 0 fully saturated rings. The van der Waals surface area contributed by atoms with Gasteiger partial charge in [-0.1, -0.05) is 264 Å². The highest BCUT2D eigenvalue weighted by Crippen LogP contribution is 2.36. The average Bonchev–Trinajstić information content (AvgIpc) is 1.57. The quantitative estimate of drug-likeness (QED) is 0.0271. The Labute approximate surface area is 588 Å². The topological polar surface area (TPSA) is 23.8 Å². The van der Waals surface area contributed by atoms with Gasteiger partial charge in [0, 0.05) is 76.4 Å². The average molecular weight is 1290 g/mol. The van der Waals surface area contributed by atoms with Crippen molar-refractivity contribution in [3.63, 3.8) is 0 Å². The summed E-state index contributed by atoms with van der Waals surface area (Å²) in [6.07, 6.45) is 67.1. The fraction of sp³-hybridized carbons (Fsp3) is 0.293. The van der Waals surface area contributed by atoms with Gasteiger partial charge in [-0.25, -0.2) is 0 Å². The van der Waals surface area contributed by atoms with Gasteiger partial charge in [-0.05, 0) is 201 Å². The van der Waals surface area contributed by atoms with Crippen molar-refractivity contribution in [1.82, 2.24) is 4.57 Å². The van der Waals surface area contributed by atoms with Crippen LogP contribution in [0.15, 0.2) is 290 Å². The first-order valence-corrected chi connectivity index (χ1v) is 34.7. The van der Waals surface area contributed by atoms with Gasteiger partial charge < -0.3 is 14.4 Å². The summed E-state index contributed by atoms with van der Waals surface area (Å²) >= 11 is 0. The van der Waals surface area contributed by atoms with Gasteiger partial charge in [0.05, 0.1) is 5.35 Å². The van der Waals surface area contributed by atoms with Crippen molar-refractivity contribution in [1.29, 1.82) is 0 Å². The van der Waals surface area contributed by atoms with Crippen LogP contribution in [0.1, 0.15) is 191 Å². The predicted octanol–water partition coefficient (Wildman–Crippen LogP) is 25.9. The molecule has 0 bridgehead atoms. The third-order valence-electron chi connectivity index (χ3n) is 14.7. The summed E-state index contributed by atoms with van der Waals surface area (Å²) < 4.78 is 2.35. The van der Waals surface area contributed by atoms with Gasteiger partial charge in [0.15, 0.2) is 0 Å². The molecule has 3 aromatic carbocycles. The van der Waals surface area contributed by atoms with Crippen molar-refractivity contribution in [3.05, 3.63) is 324 Å². The second kappa shape index (κ2) is 54.9. The first kappa shape index (κ1) is 88.6. The highest BCUT2D eigenvalue weighted by Gasteiger charge is 2.20.